The molecule has 0 saturated heterocycles. The predicted octanol–water partition coefficient (Wildman–Crippen LogP) is 5.67. The minimum atomic E-state index is -0.787. The molecule has 0 aliphatic rings. The summed E-state index contributed by atoms with van der Waals surface area (Å²) in [5, 5.41) is 19.5. The third-order valence-corrected chi connectivity index (χ3v) is 4.55. The fourth-order valence-electron chi connectivity index (χ4n) is 3.52. The van der Waals surface area contributed by atoms with Gasteiger partial charge < -0.3 is 10.2 Å². The topological polar surface area (TPSA) is 57.5 Å². The van der Waals surface area contributed by atoms with Crippen LogP contribution in [0.3, 0.4) is 0 Å². The van der Waals surface area contributed by atoms with E-state index < -0.39 is 5.97 Å². The van der Waals surface area contributed by atoms with Gasteiger partial charge in [-0.25, -0.2) is 0 Å². The average molecular weight is 354 g/mol. The Balaban J connectivity index is 2.67. The van der Waals surface area contributed by atoms with Crippen molar-refractivity contribution in [2.75, 3.05) is 0 Å². The molecule has 0 unspecified atom stereocenters. The Bertz CT molecular complexity index is 805. The SMILES string of the molecule is CC(C)(C)c1c(O)ccc(-c2cccc(CCC(=O)O)c2)c1C(C)(C)C. The molecule has 0 saturated carbocycles. The Morgan fingerprint density at radius 3 is 2.08 bits per heavy atom. The van der Waals surface area contributed by atoms with Crippen molar-refractivity contribution >= 4 is 5.97 Å². The van der Waals surface area contributed by atoms with E-state index in [9.17, 15) is 9.90 Å². The molecular formula is C23H30O3. The number of hydrogen-bond donors (Lipinski definition) is 2. The van der Waals surface area contributed by atoms with Crippen molar-refractivity contribution < 1.29 is 15.0 Å². The van der Waals surface area contributed by atoms with Gasteiger partial charge in [-0.1, -0.05) is 71.9 Å². The number of carboxylic acid groups (broad SMARTS) is 1. The van der Waals surface area contributed by atoms with E-state index in [0.717, 1.165) is 27.8 Å². The summed E-state index contributed by atoms with van der Waals surface area (Å²) in [7, 11) is 0. The molecule has 3 nitrogen and oxygen atoms in total. The minimum absolute atomic E-state index is 0.123. The first-order valence-corrected chi connectivity index (χ1v) is 9.09. The summed E-state index contributed by atoms with van der Waals surface area (Å²) in [4.78, 5) is 10.9. The maximum atomic E-state index is 10.9. The lowest BCUT2D eigenvalue weighted by Gasteiger charge is -2.33. The van der Waals surface area contributed by atoms with Crippen LogP contribution in [0.15, 0.2) is 36.4 Å². The van der Waals surface area contributed by atoms with E-state index in [1.54, 1.807) is 6.07 Å². The van der Waals surface area contributed by atoms with Crippen LogP contribution in [-0.4, -0.2) is 16.2 Å². The molecular weight excluding hydrogens is 324 g/mol. The molecule has 0 aliphatic carbocycles. The number of aromatic hydroxyl groups is 1. The summed E-state index contributed by atoms with van der Waals surface area (Å²) in [5.41, 5.74) is 4.94. The highest BCUT2D eigenvalue weighted by molar-refractivity contribution is 5.74. The summed E-state index contributed by atoms with van der Waals surface area (Å²) >= 11 is 0. The molecule has 26 heavy (non-hydrogen) atoms. The van der Waals surface area contributed by atoms with Crippen LogP contribution in [0.1, 0.15) is 64.7 Å². The smallest absolute Gasteiger partial charge is 0.303 e. The van der Waals surface area contributed by atoms with Crippen LogP contribution in [0.25, 0.3) is 11.1 Å². The van der Waals surface area contributed by atoms with Gasteiger partial charge in [0.05, 0.1) is 0 Å². The molecule has 3 heteroatoms. The highest BCUT2D eigenvalue weighted by Gasteiger charge is 2.30. The van der Waals surface area contributed by atoms with Crippen molar-refractivity contribution in [3.63, 3.8) is 0 Å². The van der Waals surface area contributed by atoms with E-state index in [-0.39, 0.29) is 17.3 Å². The minimum Gasteiger partial charge on any atom is -0.508 e. The van der Waals surface area contributed by atoms with Gasteiger partial charge in [0.15, 0.2) is 0 Å². The second kappa shape index (κ2) is 7.14. The summed E-state index contributed by atoms with van der Waals surface area (Å²) < 4.78 is 0. The summed E-state index contributed by atoms with van der Waals surface area (Å²) in [6.07, 6.45) is 0.636. The Labute approximate surface area is 156 Å². The Hall–Kier alpha value is -2.29. The van der Waals surface area contributed by atoms with Gasteiger partial charge in [-0.15, -0.1) is 0 Å². The lowest BCUT2D eigenvalue weighted by atomic mass is 9.71. The van der Waals surface area contributed by atoms with E-state index >= 15 is 0 Å². The van der Waals surface area contributed by atoms with Crippen molar-refractivity contribution in [2.24, 2.45) is 0 Å². The zero-order chi connectivity index (χ0) is 19.7. The number of hydrogen-bond acceptors (Lipinski definition) is 2. The number of carbonyl (C=O) groups is 1. The van der Waals surface area contributed by atoms with Crippen LogP contribution < -0.4 is 0 Å². The van der Waals surface area contributed by atoms with Gasteiger partial charge in [0.2, 0.25) is 0 Å². The molecule has 0 fully saturated rings. The normalized spacial score (nSPS) is 12.2. The molecule has 0 spiro atoms. The molecule has 2 aromatic carbocycles. The molecule has 2 N–H and O–H groups in total. The number of phenols is 1. The fourth-order valence-corrected chi connectivity index (χ4v) is 3.52. The van der Waals surface area contributed by atoms with E-state index in [4.69, 9.17) is 5.11 Å². The predicted molar refractivity (Wildman–Crippen MR) is 107 cm³/mol. The van der Waals surface area contributed by atoms with Gasteiger partial charge in [0, 0.05) is 12.0 Å². The largest absolute Gasteiger partial charge is 0.508 e. The van der Waals surface area contributed by atoms with Crippen LogP contribution >= 0.6 is 0 Å². The van der Waals surface area contributed by atoms with Crippen LogP contribution in [-0.2, 0) is 22.0 Å². The number of aryl methyl sites for hydroxylation is 1. The number of carboxylic acids is 1. The summed E-state index contributed by atoms with van der Waals surface area (Å²) in [5.74, 6) is -0.460. The van der Waals surface area contributed by atoms with E-state index in [2.05, 4.69) is 53.7 Å². The summed E-state index contributed by atoms with van der Waals surface area (Å²) in [6, 6.07) is 11.8. The fraction of sp³-hybridized carbons (Fsp3) is 0.435. The average Bonchev–Trinajstić information content (AvgIpc) is 2.50. The molecule has 140 valence electrons. The van der Waals surface area contributed by atoms with Crippen molar-refractivity contribution in [3.05, 3.63) is 53.1 Å². The van der Waals surface area contributed by atoms with Crippen molar-refractivity contribution in [3.8, 4) is 16.9 Å². The number of rotatable bonds is 4. The number of benzene rings is 2. The Morgan fingerprint density at radius 2 is 1.54 bits per heavy atom. The molecule has 0 amide bonds. The van der Waals surface area contributed by atoms with Gasteiger partial charge in [0.25, 0.3) is 0 Å². The molecule has 0 atom stereocenters. The van der Waals surface area contributed by atoms with Crippen LogP contribution in [0.4, 0.5) is 0 Å². The first-order valence-electron chi connectivity index (χ1n) is 9.09. The number of phenolic OH excluding ortho intramolecular Hbond substituents is 1. The first-order chi connectivity index (χ1) is 11.9. The zero-order valence-electron chi connectivity index (χ0n) is 16.7. The lowest BCUT2D eigenvalue weighted by Crippen LogP contribution is -2.23. The molecule has 2 rings (SSSR count). The number of aliphatic carboxylic acids is 1. The monoisotopic (exact) mass is 354 g/mol. The van der Waals surface area contributed by atoms with Gasteiger partial charge in [-0.3, -0.25) is 4.79 Å². The molecule has 0 heterocycles. The first kappa shape index (κ1) is 20.0. The van der Waals surface area contributed by atoms with Crippen LogP contribution in [0.2, 0.25) is 0 Å². The standard InChI is InChI=1S/C23H30O3/c1-22(2,3)20-17(11-12-18(24)21(20)23(4,5)6)16-9-7-8-15(14-16)10-13-19(25)26/h7-9,11-12,14,24H,10,13H2,1-6H3,(H,25,26). The highest BCUT2D eigenvalue weighted by Crippen LogP contribution is 2.44. The Kier molecular flexibility index (Phi) is 5.50. The van der Waals surface area contributed by atoms with Crippen molar-refractivity contribution in [2.45, 2.75) is 65.2 Å². The van der Waals surface area contributed by atoms with Crippen LogP contribution in [0.5, 0.6) is 5.75 Å². The molecule has 0 aliphatic heterocycles. The maximum Gasteiger partial charge on any atom is 0.303 e. The highest BCUT2D eigenvalue weighted by atomic mass is 16.4. The second-order valence-electron chi connectivity index (χ2n) is 8.98. The third kappa shape index (κ3) is 4.46. The van der Waals surface area contributed by atoms with Crippen molar-refractivity contribution in [1.82, 2.24) is 0 Å². The quantitative estimate of drug-likeness (QED) is 0.743. The maximum absolute atomic E-state index is 10.9. The van der Waals surface area contributed by atoms with Gasteiger partial charge in [-0.2, -0.15) is 0 Å². The van der Waals surface area contributed by atoms with E-state index in [1.165, 1.54) is 0 Å². The van der Waals surface area contributed by atoms with Gasteiger partial charge in [0.1, 0.15) is 5.75 Å². The van der Waals surface area contributed by atoms with Gasteiger partial charge in [-0.05, 0) is 45.6 Å². The van der Waals surface area contributed by atoms with E-state index in [1.807, 2.05) is 18.2 Å². The summed E-state index contributed by atoms with van der Waals surface area (Å²) in [6.45, 7) is 12.8. The molecule has 0 aromatic heterocycles. The zero-order valence-corrected chi connectivity index (χ0v) is 16.7. The molecule has 2 aromatic rings. The second-order valence-corrected chi connectivity index (χ2v) is 8.98. The van der Waals surface area contributed by atoms with Crippen molar-refractivity contribution in [1.29, 1.82) is 0 Å². The molecule has 0 radical (unpaired) electrons. The molecule has 0 bridgehead atoms. The van der Waals surface area contributed by atoms with Crippen LogP contribution in [0, 0.1) is 0 Å². The van der Waals surface area contributed by atoms with Gasteiger partial charge >= 0.3 is 5.97 Å². The third-order valence-electron chi connectivity index (χ3n) is 4.55. The van der Waals surface area contributed by atoms with E-state index in [0.29, 0.717) is 12.2 Å². The lowest BCUT2D eigenvalue weighted by molar-refractivity contribution is -0.136. The Morgan fingerprint density at radius 1 is 0.923 bits per heavy atom.